The van der Waals surface area contributed by atoms with Crippen LogP contribution >= 0.6 is 23.1 Å². The summed E-state index contributed by atoms with van der Waals surface area (Å²) in [6, 6.07) is 10.0. The third-order valence-corrected chi connectivity index (χ3v) is 6.04. The molecule has 2 aromatic heterocycles. The summed E-state index contributed by atoms with van der Waals surface area (Å²) in [4.78, 5) is 25.1. The Hall–Kier alpha value is -1.92. The monoisotopic (exact) mass is 357 g/mol. The Morgan fingerprint density at radius 3 is 2.71 bits per heavy atom. The molecule has 0 bridgehead atoms. The van der Waals surface area contributed by atoms with Gasteiger partial charge in [-0.05, 0) is 25.0 Å². The van der Waals surface area contributed by atoms with Gasteiger partial charge in [-0.3, -0.25) is 4.79 Å². The van der Waals surface area contributed by atoms with E-state index in [2.05, 4.69) is 23.8 Å². The summed E-state index contributed by atoms with van der Waals surface area (Å²) in [5, 5.41) is 1.98. The second kappa shape index (κ2) is 7.32. The number of aryl methyl sites for hydroxylation is 2. The lowest BCUT2D eigenvalue weighted by atomic mass is 10.2. The van der Waals surface area contributed by atoms with E-state index in [9.17, 15) is 4.79 Å². The molecule has 0 saturated carbocycles. The predicted molar refractivity (Wildman–Crippen MR) is 101 cm³/mol. The standard InChI is InChI=1S/C18H19N3OS2/c1-12-13(2)24-18-16(12)17(19-11-20-18)23-10-15(22)21(3)9-14-7-5-4-6-8-14/h4-8,11H,9-10H2,1-3H3. The molecule has 0 aliphatic carbocycles. The Morgan fingerprint density at radius 1 is 1.21 bits per heavy atom. The number of hydrogen-bond donors (Lipinski definition) is 0. The minimum atomic E-state index is 0.0974. The van der Waals surface area contributed by atoms with Gasteiger partial charge in [0.2, 0.25) is 5.91 Å². The molecule has 0 radical (unpaired) electrons. The number of aromatic nitrogens is 2. The van der Waals surface area contributed by atoms with Gasteiger partial charge in [0.15, 0.2) is 0 Å². The molecule has 0 unspecified atom stereocenters. The zero-order valence-electron chi connectivity index (χ0n) is 13.9. The molecule has 0 N–H and O–H groups in total. The van der Waals surface area contributed by atoms with Gasteiger partial charge in [0.25, 0.3) is 0 Å². The summed E-state index contributed by atoms with van der Waals surface area (Å²) in [6.45, 7) is 4.80. The van der Waals surface area contributed by atoms with E-state index in [4.69, 9.17) is 0 Å². The molecule has 0 aliphatic rings. The van der Waals surface area contributed by atoms with Gasteiger partial charge in [0, 0.05) is 23.9 Å². The molecule has 0 spiro atoms. The molecule has 0 saturated heterocycles. The van der Waals surface area contributed by atoms with Crippen molar-refractivity contribution in [3.8, 4) is 0 Å². The van der Waals surface area contributed by atoms with E-state index in [0.29, 0.717) is 12.3 Å². The van der Waals surface area contributed by atoms with Gasteiger partial charge in [-0.2, -0.15) is 0 Å². The molecule has 6 heteroatoms. The molecule has 1 amide bonds. The van der Waals surface area contributed by atoms with Gasteiger partial charge in [0.1, 0.15) is 16.2 Å². The second-order valence-electron chi connectivity index (χ2n) is 5.67. The molecule has 4 nitrogen and oxygen atoms in total. The van der Waals surface area contributed by atoms with Crippen molar-refractivity contribution in [2.45, 2.75) is 25.4 Å². The van der Waals surface area contributed by atoms with Crippen molar-refractivity contribution in [3.05, 3.63) is 52.7 Å². The Morgan fingerprint density at radius 2 is 1.96 bits per heavy atom. The van der Waals surface area contributed by atoms with E-state index in [1.165, 1.54) is 22.2 Å². The number of fused-ring (bicyclic) bond motifs is 1. The lowest BCUT2D eigenvalue weighted by Crippen LogP contribution is -2.27. The highest BCUT2D eigenvalue weighted by Gasteiger charge is 2.15. The highest BCUT2D eigenvalue weighted by atomic mass is 32.2. The summed E-state index contributed by atoms with van der Waals surface area (Å²) >= 11 is 3.16. The van der Waals surface area contributed by atoms with Gasteiger partial charge < -0.3 is 4.90 Å². The average molecular weight is 358 g/mol. The maximum Gasteiger partial charge on any atom is 0.233 e. The maximum absolute atomic E-state index is 12.4. The van der Waals surface area contributed by atoms with E-state index < -0.39 is 0 Å². The van der Waals surface area contributed by atoms with Crippen LogP contribution in [0.4, 0.5) is 0 Å². The van der Waals surface area contributed by atoms with Gasteiger partial charge in [-0.15, -0.1) is 11.3 Å². The van der Waals surface area contributed by atoms with Crippen LogP contribution in [-0.4, -0.2) is 33.6 Å². The number of carbonyl (C=O) groups is 1. The molecule has 2 heterocycles. The smallest absolute Gasteiger partial charge is 0.233 e. The van der Waals surface area contributed by atoms with Crippen molar-refractivity contribution in [1.29, 1.82) is 0 Å². The quantitative estimate of drug-likeness (QED) is 0.510. The molecule has 124 valence electrons. The van der Waals surface area contributed by atoms with Crippen molar-refractivity contribution in [2.24, 2.45) is 0 Å². The Balaban J connectivity index is 1.68. The molecular weight excluding hydrogens is 338 g/mol. The van der Waals surface area contributed by atoms with Crippen LogP contribution in [0.1, 0.15) is 16.0 Å². The van der Waals surface area contributed by atoms with Gasteiger partial charge >= 0.3 is 0 Å². The number of carbonyl (C=O) groups excluding carboxylic acids is 1. The van der Waals surface area contributed by atoms with Crippen LogP contribution in [0.2, 0.25) is 0 Å². The fraction of sp³-hybridized carbons (Fsp3) is 0.278. The maximum atomic E-state index is 12.4. The van der Waals surface area contributed by atoms with Gasteiger partial charge in [-0.1, -0.05) is 42.1 Å². The lowest BCUT2D eigenvalue weighted by Gasteiger charge is -2.17. The van der Waals surface area contributed by atoms with Crippen molar-refractivity contribution in [2.75, 3.05) is 12.8 Å². The summed E-state index contributed by atoms with van der Waals surface area (Å²) < 4.78 is 0. The average Bonchev–Trinajstić information content (AvgIpc) is 2.88. The highest BCUT2D eigenvalue weighted by molar-refractivity contribution is 8.00. The number of thioether (sulfide) groups is 1. The fourth-order valence-corrected chi connectivity index (χ4v) is 4.50. The largest absolute Gasteiger partial charge is 0.341 e. The first-order chi connectivity index (χ1) is 11.6. The van der Waals surface area contributed by atoms with Crippen LogP contribution in [-0.2, 0) is 11.3 Å². The minimum absolute atomic E-state index is 0.0974. The van der Waals surface area contributed by atoms with E-state index >= 15 is 0 Å². The predicted octanol–water partition coefficient (Wildman–Crippen LogP) is 4.06. The number of benzene rings is 1. The van der Waals surface area contributed by atoms with Crippen LogP contribution in [0.25, 0.3) is 10.2 Å². The number of hydrogen-bond acceptors (Lipinski definition) is 5. The van der Waals surface area contributed by atoms with Crippen molar-refractivity contribution in [1.82, 2.24) is 14.9 Å². The minimum Gasteiger partial charge on any atom is -0.341 e. The van der Waals surface area contributed by atoms with E-state index in [0.717, 1.165) is 20.8 Å². The van der Waals surface area contributed by atoms with Crippen LogP contribution in [0.3, 0.4) is 0 Å². The molecule has 0 fully saturated rings. The normalized spacial score (nSPS) is 11.0. The molecule has 0 aliphatic heterocycles. The number of rotatable bonds is 5. The van der Waals surface area contributed by atoms with E-state index in [1.54, 1.807) is 22.6 Å². The first-order valence-corrected chi connectivity index (χ1v) is 9.48. The third kappa shape index (κ3) is 3.60. The number of nitrogens with zero attached hydrogens (tertiary/aromatic N) is 3. The Kier molecular flexibility index (Phi) is 5.16. The van der Waals surface area contributed by atoms with Gasteiger partial charge in [-0.25, -0.2) is 9.97 Å². The lowest BCUT2D eigenvalue weighted by molar-refractivity contribution is -0.127. The topological polar surface area (TPSA) is 46.1 Å². The van der Waals surface area contributed by atoms with Crippen molar-refractivity contribution < 1.29 is 4.79 Å². The highest BCUT2D eigenvalue weighted by Crippen LogP contribution is 2.34. The Bertz CT molecular complexity index is 861. The molecule has 24 heavy (non-hydrogen) atoms. The Labute approximate surface area is 149 Å². The van der Waals surface area contributed by atoms with Crippen LogP contribution < -0.4 is 0 Å². The van der Waals surface area contributed by atoms with Crippen molar-refractivity contribution in [3.63, 3.8) is 0 Å². The summed E-state index contributed by atoms with van der Waals surface area (Å²) in [5.41, 5.74) is 2.34. The van der Waals surface area contributed by atoms with E-state index in [1.807, 2.05) is 37.4 Å². The van der Waals surface area contributed by atoms with Crippen LogP contribution in [0.15, 0.2) is 41.7 Å². The fourth-order valence-electron chi connectivity index (χ4n) is 2.45. The summed E-state index contributed by atoms with van der Waals surface area (Å²) in [6.07, 6.45) is 1.58. The van der Waals surface area contributed by atoms with Gasteiger partial charge in [0.05, 0.1) is 5.75 Å². The molecular formula is C18H19N3OS2. The van der Waals surface area contributed by atoms with Crippen LogP contribution in [0.5, 0.6) is 0 Å². The number of thiophene rings is 1. The zero-order valence-corrected chi connectivity index (χ0v) is 15.6. The first kappa shape index (κ1) is 16.9. The summed E-state index contributed by atoms with van der Waals surface area (Å²) in [5.74, 6) is 0.476. The SMILES string of the molecule is Cc1sc2ncnc(SCC(=O)N(C)Cc3ccccc3)c2c1C. The zero-order chi connectivity index (χ0) is 17.1. The molecule has 3 aromatic rings. The van der Waals surface area contributed by atoms with Crippen molar-refractivity contribution >= 4 is 39.2 Å². The van der Waals surface area contributed by atoms with Crippen LogP contribution in [0, 0.1) is 13.8 Å². The first-order valence-electron chi connectivity index (χ1n) is 7.67. The number of amides is 1. The third-order valence-electron chi connectivity index (χ3n) is 3.95. The summed E-state index contributed by atoms with van der Waals surface area (Å²) in [7, 11) is 1.84. The second-order valence-corrected chi connectivity index (χ2v) is 7.83. The van der Waals surface area contributed by atoms with E-state index in [-0.39, 0.29) is 5.91 Å². The molecule has 3 rings (SSSR count). The molecule has 0 atom stereocenters. The molecule has 1 aromatic carbocycles.